The third kappa shape index (κ3) is 2.84. The molecule has 0 bridgehead atoms. The first-order valence-electron chi connectivity index (χ1n) is 5.72. The first-order valence-corrected chi connectivity index (χ1v) is 7.96. The fraction of sp³-hybridized carbons (Fsp3) is 0.167. The van der Waals surface area contributed by atoms with Crippen LogP contribution in [0.3, 0.4) is 0 Å². The number of aromatic nitrogens is 4. The largest absolute Gasteiger partial charge is 0.301 e. The molecule has 3 heterocycles. The quantitative estimate of drug-likeness (QED) is 0.455. The Bertz CT molecular complexity index is 830. The molecule has 0 aliphatic rings. The zero-order chi connectivity index (χ0) is 14.1. The second kappa shape index (κ2) is 5.51. The van der Waals surface area contributed by atoms with Gasteiger partial charge in [-0.05, 0) is 18.4 Å². The van der Waals surface area contributed by atoms with Crippen LogP contribution in [-0.4, -0.2) is 19.9 Å². The van der Waals surface area contributed by atoms with Gasteiger partial charge in [0.1, 0.15) is 15.8 Å². The SMILES string of the molecule is Cc1cc(=O)[nH]c(SCc2nc(Cl)c3ccsc3n2)n1. The predicted molar refractivity (Wildman–Crippen MR) is 81.6 cm³/mol. The molecule has 3 aromatic rings. The Morgan fingerprint density at radius 3 is 3.05 bits per heavy atom. The number of aryl methyl sites for hydroxylation is 1. The highest BCUT2D eigenvalue weighted by Gasteiger charge is 2.08. The van der Waals surface area contributed by atoms with Crippen molar-refractivity contribution >= 4 is 44.9 Å². The summed E-state index contributed by atoms with van der Waals surface area (Å²) in [6.07, 6.45) is 0. The Labute approximate surface area is 127 Å². The van der Waals surface area contributed by atoms with Crippen molar-refractivity contribution in [1.29, 1.82) is 0 Å². The average molecular weight is 325 g/mol. The van der Waals surface area contributed by atoms with E-state index < -0.39 is 0 Å². The Balaban J connectivity index is 1.84. The zero-order valence-electron chi connectivity index (χ0n) is 10.4. The van der Waals surface area contributed by atoms with Crippen LogP contribution in [0.5, 0.6) is 0 Å². The van der Waals surface area contributed by atoms with Gasteiger partial charge in [0, 0.05) is 17.1 Å². The highest BCUT2D eigenvalue weighted by molar-refractivity contribution is 7.98. The van der Waals surface area contributed by atoms with E-state index in [-0.39, 0.29) is 5.56 Å². The lowest BCUT2D eigenvalue weighted by Gasteiger charge is -2.02. The summed E-state index contributed by atoms with van der Waals surface area (Å²) in [5.41, 5.74) is 0.525. The van der Waals surface area contributed by atoms with Crippen molar-refractivity contribution in [2.75, 3.05) is 0 Å². The van der Waals surface area contributed by atoms with E-state index in [9.17, 15) is 4.79 Å². The predicted octanol–water partition coefficient (Wildman–Crippen LogP) is 3.03. The molecule has 0 aliphatic heterocycles. The van der Waals surface area contributed by atoms with E-state index >= 15 is 0 Å². The minimum Gasteiger partial charge on any atom is -0.301 e. The number of rotatable bonds is 3. The molecule has 0 saturated heterocycles. The lowest BCUT2D eigenvalue weighted by Crippen LogP contribution is -2.08. The monoisotopic (exact) mass is 324 g/mol. The summed E-state index contributed by atoms with van der Waals surface area (Å²) in [6, 6.07) is 3.36. The molecule has 8 heteroatoms. The van der Waals surface area contributed by atoms with Crippen molar-refractivity contribution in [3.05, 3.63) is 44.5 Å². The van der Waals surface area contributed by atoms with Crippen LogP contribution in [0.1, 0.15) is 11.5 Å². The summed E-state index contributed by atoms with van der Waals surface area (Å²) in [4.78, 5) is 27.8. The fourth-order valence-electron chi connectivity index (χ4n) is 1.68. The Hall–Kier alpha value is -1.44. The first kappa shape index (κ1) is 13.5. The number of hydrogen-bond acceptors (Lipinski definition) is 6. The highest BCUT2D eigenvalue weighted by atomic mass is 35.5. The van der Waals surface area contributed by atoms with E-state index in [4.69, 9.17) is 11.6 Å². The van der Waals surface area contributed by atoms with Crippen LogP contribution in [0.4, 0.5) is 0 Å². The zero-order valence-corrected chi connectivity index (χ0v) is 12.8. The van der Waals surface area contributed by atoms with Crippen LogP contribution in [0, 0.1) is 6.92 Å². The summed E-state index contributed by atoms with van der Waals surface area (Å²) in [5.74, 6) is 1.12. The number of fused-ring (bicyclic) bond motifs is 1. The van der Waals surface area contributed by atoms with Crippen molar-refractivity contribution in [3.8, 4) is 0 Å². The van der Waals surface area contributed by atoms with Crippen molar-refractivity contribution in [3.63, 3.8) is 0 Å². The Kier molecular flexibility index (Phi) is 3.73. The van der Waals surface area contributed by atoms with E-state index in [0.717, 1.165) is 10.2 Å². The number of aromatic amines is 1. The fourth-order valence-corrected chi connectivity index (χ4v) is 3.54. The number of thiophene rings is 1. The van der Waals surface area contributed by atoms with Crippen molar-refractivity contribution in [2.24, 2.45) is 0 Å². The van der Waals surface area contributed by atoms with E-state index in [1.807, 2.05) is 11.4 Å². The topological polar surface area (TPSA) is 71.5 Å². The molecule has 5 nitrogen and oxygen atoms in total. The normalized spacial score (nSPS) is 11.1. The van der Waals surface area contributed by atoms with Gasteiger partial charge in [0.05, 0.1) is 5.75 Å². The molecule has 0 aromatic carbocycles. The lowest BCUT2D eigenvalue weighted by atomic mass is 10.4. The number of halogens is 1. The average Bonchev–Trinajstić information content (AvgIpc) is 2.84. The second-order valence-corrected chi connectivity index (χ2v) is 6.27. The number of thioether (sulfide) groups is 1. The third-order valence-electron chi connectivity index (χ3n) is 2.51. The van der Waals surface area contributed by atoms with Crippen LogP contribution >= 0.6 is 34.7 Å². The summed E-state index contributed by atoms with van der Waals surface area (Å²) in [7, 11) is 0. The summed E-state index contributed by atoms with van der Waals surface area (Å²) < 4.78 is 0. The molecular weight excluding hydrogens is 316 g/mol. The van der Waals surface area contributed by atoms with E-state index in [0.29, 0.717) is 27.6 Å². The highest BCUT2D eigenvalue weighted by Crippen LogP contribution is 2.26. The molecule has 3 aromatic heterocycles. The molecular formula is C12H9ClN4OS2. The van der Waals surface area contributed by atoms with Crippen LogP contribution in [-0.2, 0) is 5.75 Å². The van der Waals surface area contributed by atoms with Gasteiger partial charge in [-0.15, -0.1) is 11.3 Å². The van der Waals surface area contributed by atoms with Crippen LogP contribution in [0.2, 0.25) is 5.15 Å². The Morgan fingerprint density at radius 2 is 2.25 bits per heavy atom. The maximum Gasteiger partial charge on any atom is 0.251 e. The summed E-state index contributed by atoms with van der Waals surface area (Å²) in [6.45, 7) is 1.78. The molecule has 20 heavy (non-hydrogen) atoms. The van der Waals surface area contributed by atoms with E-state index in [1.165, 1.54) is 29.2 Å². The minimum atomic E-state index is -0.160. The van der Waals surface area contributed by atoms with Gasteiger partial charge in [-0.2, -0.15) is 0 Å². The maximum atomic E-state index is 11.4. The maximum absolute atomic E-state index is 11.4. The number of nitrogens with one attached hydrogen (secondary N) is 1. The van der Waals surface area contributed by atoms with Crippen LogP contribution < -0.4 is 5.56 Å². The van der Waals surface area contributed by atoms with Gasteiger partial charge in [-0.25, -0.2) is 15.0 Å². The molecule has 3 rings (SSSR count). The molecule has 0 spiro atoms. The molecule has 1 N–H and O–H groups in total. The smallest absolute Gasteiger partial charge is 0.251 e. The standard InChI is InChI=1S/C12H9ClN4OS2/c1-6-4-9(18)17-12(14-6)20-5-8-15-10(13)7-2-3-19-11(7)16-8/h2-4H,5H2,1H3,(H,14,17,18). The molecule has 0 amide bonds. The van der Waals surface area contributed by atoms with Gasteiger partial charge in [-0.3, -0.25) is 4.79 Å². The second-order valence-electron chi connectivity index (χ2n) is 4.05. The van der Waals surface area contributed by atoms with Gasteiger partial charge >= 0.3 is 0 Å². The van der Waals surface area contributed by atoms with E-state index in [2.05, 4.69) is 19.9 Å². The molecule has 0 radical (unpaired) electrons. The lowest BCUT2D eigenvalue weighted by molar-refractivity contribution is 0.902. The van der Waals surface area contributed by atoms with Gasteiger partial charge in [0.15, 0.2) is 5.16 Å². The Morgan fingerprint density at radius 1 is 1.40 bits per heavy atom. The van der Waals surface area contributed by atoms with Crippen molar-refractivity contribution in [1.82, 2.24) is 19.9 Å². The molecule has 0 unspecified atom stereocenters. The molecule has 102 valence electrons. The van der Waals surface area contributed by atoms with E-state index in [1.54, 1.807) is 6.92 Å². The van der Waals surface area contributed by atoms with Gasteiger partial charge in [0.2, 0.25) is 0 Å². The van der Waals surface area contributed by atoms with Crippen molar-refractivity contribution < 1.29 is 0 Å². The molecule has 0 atom stereocenters. The van der Waals surface area contributed by atoms with Gasteiger partial charge in [0.25, 0.3) is 5.56 Å². The van der Waals surface area contributed by atoms with Gasteiger partial charge < -0.3 is 4.98 Å². The number of H-pyrrole nitrogens is 1. The van der Waals surface area contributed by atoms with Crippen molar-refractivity contribution in [2.45, 2.75) is 17.8 Å². The third-order valence-corrected chi connectivity index (χ3v) is 4.47. The van der Waals surface area contributed by atoms with Gasteiger partial charge in [-0.1, -0.05) is 23.4 Å². The summed E-state index contributed by atoms with van der Waals surface area (Å²) in [5, 5.41) is 3.81. The molecule has 0 aliphatic carbocycles. The first-order chi connectivity index (χ1) is 9.61. The summed E-state index contributed by atoms with van der Waals surface area (Å²) >= 11 is 9.01. The number of hydrogen-bond donors (Lipinski definition) is 1. The number of nitrogens with zero attached hydrogens (tertiary/aromatic N) is 3. The minimum absolute atomic E-state index is 0.160. The van der Waals surface area contributed by atoms with Crippen LogP contribution in [0.15, 0.2) is 27.5 Å². The molecule has 0 fully saturated rings. The molecule has 0 saturated carbocycles. The van der Waals surface area contributed by atoms with Crippen LogP contribution in [0.25, 0.3) is 10.2 Å².